The molecule has 0 spiro atoms. The summed E-state index contributed by atoms with van der Waals surface area (Å²) in [6, 6.07) is 2.07. The molecule has 0 amide bonds. The Morgan fingerprint density at radius 3 is 2.88 bits per heavy atom. The average Bonchev–Trinajstić information content (AvgIpc) is 2.89. The molecule has 4 heteroatoms. The SMILES string of the molecule is Cc1cnc2c(c1)nc(CCl)n2C1(C)CC1. The predicted molar refractivity (Wildman–Crippen MR) is 64.7 cm³/mol. The van der Waals surface area contributed by atoms with Crippen molar-refractivity contribution in [3.05, 3.63) is 23.7 Å². The highest BCUT2D eigenvalue weighted by molar-refractivity contribution is 6.16. The molecule has 1 saturated carbocycles. The second-order valence-electron chi connectivity index (χ2n) is 4.85. The lowest BCUT2D eigenvalue weighted by molar-refractivity contribution is 0.527. The fourth-order valence-electron chi connectivity index (χ4n) is 2.17. The minimum Gasteiger partial charge on any atom is -0.306 e. The number of rotatable bonds is 2. The number of hydrogen-bond donors (Lipinski definition) is 0. The summed E-state index contributed by atoms with van der Waals surface area (Å²) in [5.74, 6) is 1.39. The van der Waals surface area contributed by atoms with Gasteiger partial charge in [-0.1, -0.05) is 0 Å². The first-order valence-electron chi connectivity index (χ1n) is 5.54. The number of aromatic nitrogens is 3. The Morgan fingerprint density at radius 1 is 1.50 bits per heavy atom. The molecule has 1 aliphatic carbocycles. The van der Waals surface area contributed by atoms with Crippen LogP contribution in [0, 0.1) is 6.92 Å². The molecule has 3 rings (SSSR count). The van der Waals surface area contributed by atoms with Crippen molar-refractivity contribution < 1.29 is 0 Å². The van der Waals surface area contributed by atoms with Crippen LogP contribution in [0.25, 0.3) is 11.2 Å². The third-order valence-corrected chi connectivity index (χ3v) is 3.58. The van der Waals surface area contributed by atoms with E-state index in [0.717, 1.165) is 22.6 Å². The third kappa shape index (κ3) is 1.34. The van der Waals surface area contributed by atoms with Crippen LogP contribution in [0.1, 0.15) is 31.2 Å². The van der Waals surface area contributed by atoms with Crippen LogP contribution in [0.5, 0.6) is 0 Å². The number of aryl methyl sites for hydroxylation is 1. The molecule has 16 heavy (non-hydrogen) atoms. The standard InChI is InChI=1S/C12H14ClN3/c1-8-5-9-11(14-7-8)16(10(6-13)15-9)12(2)3-4-12/h5,7H,3-4,6H2,1-2H3. The van der Waals surface area contributed by atoms with Crippen LogP contribution in [0.3, 0.4) is 0 Å². The van der Waals surface area contributed by atoms with Crippen molar-refractivity contribution >= 4 is 22.8 Å². The van der Waals surface area contributed by atoms with Gasteiger partial charge in [0.25, 0.3) is 0 Å². The lowest BCUT2D eigenvalue weighted by Gasteiger charge is -2.14. The molecule has 0 unspecified atom stereocenters. The van der Waals surface area contributed by atoms with Crippen LogP contribution in [0.15, 0.2) is 12.3 Å². The zero-order valence-electron chi connectivity index (χ0n) is 9.50. The first kappa shape index (κ1) is 10.1. The molecule has 1 aliphatic rings. The van der Waals surface area contributed by atoms with Crippen molar-refractivity contribution in [2.75, 3.05) is 0 Å². The molecular weight excluding hydrogens is 222 g/mol. The third-order valence-electron chi connectivity index (χ3n) is 3.34. The molecule has 2 aromatic heterocycles. The molecule has 84 valence electrons. The van der Waals surface area contributed by atoms with Gasteiger partial charge in [0.15, 0.2) is 5.65 Å². The van der Waals surface area contributed by atoms with Crippen LogP contribution < -0.4 is 0 Å². The maximum Gasteiger partial charge on any atom is 0.160 e. The van der Waals surface area contributed by atoms with E-state index >= 15 is 0 Å². The first-order chi connectivity index (χ1) is 7.64. The molecule has 0 aliphatic heterocycles. The van der Waals surface area contributed by atoms with E-state index in [-0.39, 0.29) is 5.54 Å². The maximum atomic E-state index is 5.97. The van der Waals surface area contributed by atoms with Crippen LogP contribution in [-0.2, 0) is 11.4 Å². The Balaban J connectivity index is 2.31. The molecule has 0 N–H and O–H groups in total. The number of halogens is 1. The molecule has 1 fully saturated rings. The quantitative estimate of drug-likeness (QED) is 0.750. The number of nitrogens with zero attached hydrogens (tertiary/aromatic N) is 3. The summed E-state index contributed by atoms with van der Waals surface area (Å²) < 4.78 is 2.22. The number of alkyl halides is 1. The van der Waals surface area contributed by atoms with E-state index < -0.39 is 0 Å². The Hall–Kier alpha value is -1.09. The molecule has 0 radical (unpaired) electrons. The number of hydrogen-bond acceptors (Lipinski definition) is 2. The molecule has 2 heterocycles. The van der Waals surface area contributed by atoms with E-state index in [1.54, 1.807) is 0 Å². The second kappa shape index (κ2) is 3.20. The van der Waals surface area contributed by atoms with E-state index in [2.05, 4.69) is 27.5 Å². The second-order valence-corrected chi connectivity index (χ2v) is 5.12. The van der Waals surface area contributed by atoms with Gasteiger partial charge in [0.05, 0.1) is 5.88 Å². The van der Waals surface area contributed by atoms with Crippen molar-refractivity contribution in [1.29, 1.82) is 0 Å². The topological polar surface area (TPSA) is 30.7 Å². The lowest BCUT2D eigenvalue weighted by Crippen LogP contribution is -2.15. The monoisotopic (exact) mass is 235 g/mol. The summed E-state index contributed by atoms with van der Waals surface area (Å²) in [5.41, 5.74) is 3.27. The minimum absolute atomic E-state index is 0.196. The van der Waals surface area contributed by atoms with Gasteiger partial charge >= 0.3 is 0 Å². The van der Waals surface area contributed by atoms with E-state index in [9.17, 15) is 0 Å². The molecule has 0 aromatic carbocycles. The van der Waals surface area contributed by atoms with Crippen LogP contribution >= 0.6 is 11.6 Å². The Bertz CT molecular complexity index is 555. The highest BCUT2D eigenvalue weighted by Crippen LogP contribution is 2.45. The fraction of sp³-hybridized carbons (Fsp3) is 0.500. The van der Waals surface area contributed by atoms with Crippen molar-refractivity contribution in [1.82, 2.24) is 14.5 Å². The predicted octanol–water partition coefficient (Wildman–Crippen LogP) is 2.99. The highest BCUT2D eigenvalue weighted by Gasteiger charge is 2.42. The van der Waals surface area contributed by atoms with Gasteiger partial charge in [0.1, 0.15) is 11.3 Å². The van der Waals surface area contributed by atoms with E-state index in [4.69, 9.17) is 11.6 Å². The van der Waals surface area contributed by atoms with Crippen molar-refractivity contribution in [2.45, 2.75) is 38.1 Å². The fourth-order valence-corrected chi connectivity index (χ4v) is 2.35. The largest absolute Gasteiger partial charge is 0.306 e. The van der Waals surface area contributed by atoms with Crippen molar-refractivity contribution in [2.24, 2.45) is 0 Å². The summed E-state index contributed by atoms with van der Waals surface area (Å²) in [6.07, 6.45) is 4.28. The average molecular weight is 236 g/mol. The van der Waals surface area contributed by atoms with E-state index in [1.165, 1.54) is 12.8 Å². The zero-order valence-corrected chi connectivity index (χ0v) is 10.3. The van der Waals surface area contributed by atoms with E-state index in [0.29, 0.717) is 5.88 Å². The summed E-state index contributed by atoms with van der Waals surface area (Å²) in [6.45, 7) is 4.27. The summed E-state index contributed by atoms with van der Waals surface area (Å²) >= 11 is 5.97. The van der Waals surface area contributed by atoms with Gasteiger partial charge in [-0.05, 0) is 38.3 Å². The smallest absolute Gasteiger partial charge is 0.160 e. The van der Waals surface area contributed by atoms with Gasteiger partial charge in [0, 0.05) is 11.7 Å². The number of imidazole rings is 1. The Morgan fingerprint density at radius 2 is 2.25 bits per heavy atom. The van der Waals surface area contributed by atoms with Crippen molar-refractivity contribution in [3.8, 4) is 0 Å². The Kier molecular flexibility index (Phi) is 2.02. The van der Waals surface area contributed by atoms with Gasteiger partial charge in [0.2, 0.25) is 0 Å². The van der Waals surface area contributed by atoms with Crippen molar-refractivity contribution in [3.63, 3.8) is 0 Å². The van der Waals surface area contributed by atoms with Gasteiger partial charge < -0.3 is 4.57 Å². The lowest BCUT2D eigenvalue weighted by atomic mass is 10.3. The normalized spacial score (nSPS) is 17.9. The highest BCUT2D eigenvalue weighted by atomic mass is 35.5. The molecule has 3 nitrogen and oxygen atoms in total. The number of pyridine rings is 1. The van der Waals surface area contributed by atoms with Gasteiger partial charge in [-0.15, -0.1) is 11.6 Å². The summed E-state index contributed by atoms with van der Waals surface area (Å²) in [5, 5.41) is 0. The van der Waals surface area contributed by atoms with Crippen LogP contribution in [-0.4, -0.2) is 14.5 Å². The van der Waals surface area contributed by atoms with Gasteiger partial charge in [-0.25, -0.2) is 9.97 Å². The zero-order chi connectivity index (χ0) is 11.3. The molecule has 0 saturated heterocycles. The molecular formula is C12H14ClN3. The molecule has 0 bridgehead atoms. The summed E-state index contributed by atoms with van der Waals surface area (Å²) in [7, 11) is 0. The molecule has 2 aromatic rings. The summed E-state index contributed by atoms with van der Waals surface area (Å²) in [4.78, 5) is 9.06. The van der Waals surface area contributed by atoms with Crippen LogP contribution in [0.2, 0.25) is 0 Å². The number of fused-ring (bicyclic) bond motifs is 1. The first-order valence-corrected chi connectivity index (χ1v) is 6.08. The Labute approximate surface area is 99.5 Å². The molecule has 0 atom stereocenters. The van der Waals surface area contributed by atoms with Crippen LogP contribution in [0.4, 0.5) is 0 Å². The minimum atomic E-state index is 0.196. The van der Waals surface area contributed by atoms with Gasteiger partial charge in [-0.3, -0.25) is 0 Å². The maximum absolute atomic E-state index is 5.97. The van der Waals surface area contributed by atoms with E-state index in [1.807, 2.05) is 13.1 Å². The van der Waals surface area contributed by atoms with Gasteiger partial charge in [-0.2, -0.15) is 0 Å².